The van der Waals surface area contributed by atoms with E-state index in [0.29, 0.717) is 46.5 Å². The highest BCUT2D eigenvalue weighted by Gasteiger charge is 2.70. The number of esters is 1. The lowest BCUT2D eigenvalue weighted by molar-refractivity contribution is -0.249. The third-order valence-corrected chi connectivity index (χ3v) is 13.8. The smallest absolute Gasteiger partial charge is 0.302 e. The summed E-state index contributed by atoms with van der Waals surface area (Å²) in [5.41, 5.74) is 2.45. The first kappa shape index (κ1) is 25.8. The normalized spacial score (nSPS) is 52.5. The summed E-state index contributed by atoms with van der Waals surface area (Å²) in [5.74, 6) is 3.04. The maximum atomic E-state index is 11.9. The van der Waals surface area contributed by atoms with Crippen LogP contribution < -0.4 is 0 Å². The molecule has 0 aliphatic heterocycles. The maximum absolute atomic E-state index is 11.9. The molecule has 5 rings (SSSR count). The van der Waals surface area contributed by atoms with Gasteiger partial charge in [0.15, 0.2) is 0 Å². The number of aliphatic hydroxyl groups is 1. The molecule has 10 atom stereocenters. The average Bonchev–Trinajstić information content (AvgIpc) is 3.16. The summed E-state index contributed by atoms with van der Waals surface area (Å²) < 4.78 is 5.79. The van der Waals surface area contributed by atoms with E-state index in [-0.39, 0.29) is 22.9 Å². The van der Waals surface area contributed by atoms with Crippen molar-refractivity contribution in [3.8, 4) is 0 Å². The fourth-order valence-corrected chi connectivity index (χ4v) is 11.8. The number of carbonyl (C=O) groups excluding carboxylic acids is 1. The third kappa shape index (κ3) is 3.34. The molecular weight excluding hydrogens is 432 g/mol. The Balaban J connectivity index is 1.53. The van der Waals surface area contributed by atoms with Gasteiger partial charge in [-0.3, -0.25) is 4.79 Å². The fraction of sp³-hybridized carbons (Fsp3) is 0.906. The first-order valence-corrected chi connectivity index (χ1v) is 14.7. The Morgan fingerprint density at radius 3 is 2.23 bits per heavy atom. The topological polar surface area (TPSA) is 46.5 Å². The van der Waals surface area contributed by atoms with Gasteiger partial charge in [0, 0.05) is 12.3 Å². The number of fused-ring (bicyclic) bond motifs is 7. The Morgan fingerprint density at radius 1 is 0.857 bits per heavy atom. The van der Waals surface area contributed by atoms with Crippen molar-refractivity contribution in [2.75, 3.05) is 6.61 Å². The van der Waals surface area contributed by atoms with Crippen molar-refractivity contribution in [2.45, 2.75) is 119 Å². The summed E-state index contributed by atoms with van der Waals surface area (Å²) in [5, 5.41) is 10.9. The molecule has 5 fully saturated rings. The van der Waals surface area contributed by atoms with Gasteiger partial charge in [0.05, 0.1) is 12.7 Å². The molecule has 1 N–H and O–H groups in total. The van der Waals surface area contributed by atoms with Crippen LogP contribution in [0.5, 0.6) is 0 Å². The van der Waals surface area contributed by atoms with Crippen molar-refractivity contribution in [3.05, 3.63) is 12.2 Å². The highest BCUT2D eigenvalue weighted by atomic mass is 16.5. The van der Waals surface area contributed by atoms with Crippen LogP contribution in [0.3, 0.4) is 0 Å². The van der Waals surface area contributed by atoms with E-state index in [2.05, 4.69) is 48.1 Å². The highest BCUT2D eigenvalue weighted by molar-refractivity contribution is 5.65. The van der Waals surface area contributed by atoms with Gasteiger partial charge in [0.1, 0.15) is 0 Å². The van der Waals surface area contributed by atoms with Crippen LogP contribution in [-0.4, -0.2) is 23.8 Å². The number of hydrogen-bond donors (Lipinski definition) is 1. The van der Waals surface area contributed by atoms with Crippen LogP contribution in [-0.2, 0) is 9.53 Å². The first-order valence-electron chi connectivity index (χ1n) is 14.7. The van der Waals surface area contributed by atoms with Gasteiger partial charge in [-0.25, -0.2) is 0 Å². The van der Waals surface area contributed by atoms with Crippen LogP contribution in [0.25, 0.3) is 0 Å². The molecule has 0 unspecified atom stereocenters. The zero-order valence-corrected chi connectivity index (χ0v) is 23.7. The molecule has 0 aromatic heterocycles. The molecule has 198 valence electrons. The third-order valence-electron chi connectivity index (χ3n) is 13.8. The van der Waals surface area contributed by atoms with Crippen molar-refractivity contribution in [2.24, 2.45) is 56.7 Å². The molecule has 0 aromatic rings. The van der Waals surface area contributed by atoms with Crippen molar-refractivity contribution in [1.82, 2.24) is 0 Å². The lowest BCUT2D eigenvalue weighted by Crippen LogP contribution is -2.66. The van der Waals surface area contributed by atoms with E-state index in [1.54, 1.807) is 6.92 Å². The molecule has 0 heterocycles. The molecule has 0 radical (unpaired) electrons. The zero-order valence-electron chi connectivity index (χ0n) is 23.7. The van der Waals surface area contributed by atoms with Crippen LogP contribution >= 0.6 is 0 Å². The van der Waals surface area contributed by atoms with E-state index in [4.69, 9.17) is 4.74 Å². The molecule has 0 amide bonds. The largest absolute Gasteiger partial charge is 0.465 e. The van der Waals surface area contributed by atoms with E-state index in [9.17, 15) is 9.90 Å². The van der Waals surface area contributed by atoms with E-state index >= 15 is 0 Å². The van der Waals surface area contributed by atoms with Gasteiger partial charge in [-0.15, -0.1) is 0 Å². The Kier molecular flexibility index (Phi) is 5.96. The van der Waals surface area contributed by atoms with Gasteiger partial charge in [0.2, 0.25) is 0 Å². The quantitative estimate of drug-likeness (QED) is 0.332. The van der Waals surface area contributed by atoms with Crippen molar-refractivity contribution < 1.29 is 14.6 Å². The second-order valence-electron chi connectivity index (χ2n) is 15.2. The molecule has 0 spiro atoms. The van der Waals surface area contributed by atoms with Crippen molar-refractivity contribution in [1.29, 1.82) is 0 Å². The van der Waals surface area contributed by atoms with Gasteiger partial charge < -0.3 is 9.84 Å². The zero-order chi connectivity index (χ0) is 25.6. The minimum Gasteiger partial charge on any atom is -0.465 e. The van der Waals surface area contributed by atoms with Crippen LogP contribution in [0.2, 0.25) is 0 Å². The van der Waals surface area contributed by atoms with Crippen LogP contribution in [0.4, 0.5) is 0 Å². The second kappa shape index (κ2) is 8.08. The summed E-state index contributed by atoms with van der Waals surface area (Å²) in [7, 11) is 0. The molecule has 5 aliphatic carbocycles. The number of carbonyl (C=O) groups is 1. The molecule has 3 heteroatoms. The van der Waals surface area contributed by atoms with Crippen LogP contribution in [0.1, 0.15) is 113 Å². The van der Waals surface area contributed by atoms with E-state index in [1.165, 1.54) is 63.4 Å². The average molecular weight is 485 g/mol. The summed E-state index contributed by atoms with van der Waals surface area (Å²) in [6.07, 6.45) is 12.0. The molecule has 0 saturated heterocycles. The summed E-state index contributed by atoms with van der Waals surface area (Å²) in [6.45, 7) is 21.5. The molecule has 0 bridgehead atoms. The van der Waals surface area contributed by atoms with Crippen molar-refractivity contribution in [3.63, 3.8) is 0 Å². The van der Waals surface area contributed by atoms with E-state index in [0.717, 1.165) is 12.3 Å². The standard InChI is InChI=1S/C32H52O3/c1-20(2)22-11-16-32(19-35-21(3)33)18-17-30(7)23(27(22)32)9-10-25-29(6)14-13-26(34)28(4,5)24(29)12-15-31(25,30)8/h22-27,34H,1,9-19H2,2-8H3/t22-,23+,24-,25-,26+,27-,29-,30+,31+,32+/m0/s1. The summed E-state index contributed by atoms with van der Waals surface area (Å²) >= 11 is 0. The summed E-state index contributed by atoms with van der Waals surface area (Å²) in [4.78, 5) is 11.9. The predicted molar refractivity (Wildman–Crippen MR) is 142 cm³/mol. The Labute approximate surface area is 214 Å². The maximum Gasteiger partial charge on any atom is 0.302 e. The highest BCUT2D eigenvalue weighted by Crippen LogP contribution is 2.77. The molecule has 0 aromatic carbocycles. The second-order valence-corrected chi connectivity index (χ2v) is 15.2. The molecule has 3 nitrogen and oxygen atoms in total. The Hall–Kier alpha value is -0.830. The van der Waals surface area contributed by atoms with E-state index in [1.807, 2.05) is 0 Å². The molecule has 5 saturated carbocycles. The van der Waals surface area contributed by atoms with Crippen molar-refractivity contribution >= 4 is 5.97 Å². The van der Waals surface area contributed by atoms with Gasteiger partial charge in [-0.05, 0) is 122 Å². The number of ether oxygens (including phenoxy) is 1. The van der Waals surface area contributed by atoms with Gasteiger partial charge in [0.25, 0.3) is 0 Å². The summed E-state index contributed by atoms with van der Waals surface area (Å²) in [6, 6.07) is 0. The Bertz CT molecular complexity index is 891. The molecule has 35 heavy (non-hydrogen) atoms. The number of allylic oxidation sites excluding steroid dienone is 1. The predicted octanol–water partition coefficient (Wildman–Crippen LogP) is 7.57. The molecule has 5 aliphatic rings. The number of aliphatic hydroxyl groups excluding tert-OH is 1. The Morgan fingerprint density at radius 2 is 1.57 bits per heavy atom. The minimum absolute atomic E-state index is 0.00826. The molecular formula is C32H52O3. The van der Waals surface area contributed by atoms with Gasteiger partial charge in [-0.2, -0.15) is 0 Å². The monoisotopic (exact) mass is 484 g/mol. The first-order chi connectivity index (χ1) is 16.2. The van der Waals surface area contributed by atoms with Crippen LogP contribution in [0.15, 0.2) is 12.2 Å². The lowest BCUT2D eigenvalue weighted by atomic mass is 9.32. The van der Waals surface area contributed by atoms with Gasteiger partial charge in [-0.1, -0.05) is 46.8 Å². The van der Waals surface area contributed by atoms with E-state index < -0.39 is 0 Å². The number of hydrogen-bond acceptors (Lipinski definition) is 3. The van der Waals surface area contributed by atoms with Gasteiger partial charge >= 0.3 is 5.97 Å². The minimum atomic E-state index is -0.164. The lowest BCUT2D eigenvalue weighted by Gasteiger charge is -2.73. The van der Waals surface area contributed by atoms with Crippen LogP contribution in [0, 0.1) is 56.7 Å². The number of rotatable bonds is 3. The fourth-order valence-electron chi connectivity index (χ4n) is 11.8. The SMILES string of the molecule is C=C(C)[C@@H]1CC[C@]2(COC(C)=O)CC[C@]3(C)[C@H](CC[C@H]4[C@@]5(C)CC[C@@H](O)C(C)(C)[C@@H]5CC[C@]43C)[C@H]12.